The van der Waals surface area contributed by atoms with Crippen LogP contribution >= 0.6 is 11.3 Å². The van der Waals surface area contributed by atoms with Gasteiger partial charge in [-0.15, -0.1) is 11.3 Å². The van der Waals surface area contributed by atoms with Crippen molar-refractivity contribution in [1.29, 1.82) is 0 Å². The lowest BCUT2D eigenvalue weighted by atomic mass is 10.2. The van der Waals surface area contributed by atoms with Gasteiger partial charge in [-0.2, -0.15) is 0 Å². The number of anilines is 1. The fraction of sp³-hybridized carbons (Fsp3) is 0.167. The molecule has 88 valence electrons. The number of nitrogen functional groups attached to an aromatic ring is 1. The lowest BCUT2D eigenvalue weighted by Gasteiger charge is -2.04. The third kappa shape index (κ3) is 3.29. The third-order valence-electron chi connectivity index (χ3n) is 2.26. The number of nitrogens with two attached hydrogens (primary N) is 1. The van der Waals surface area contributed by atoms with E-state index in [1.165, 1.54) is 0 Å². The number of thiazole rings is 1. The van der Waals surface area contributed by atoms with Crippen LogP contribution in [0.2, 0.25) is 0 Å². The first-order chi connectivity index (χ1) is 8.25. The average Bonchev–Trinajstić information content (AvgIpc) is 2.82. The molecular formula is C12H13N3OS. The molecule has 1 amide bonds. The highest BCUT2D eigenvalue weighted by Gasteiger charge is 2.05. The monoisotopic (exact) mass is 247 g/mol. The number of carbonyl (C=O) groups is 1. The van der Waals surface area contributed by atoms with Gasteiger partial charge >= 0.3 is 0 Å². The molecule has 1 aromatic heterocycles. The summed E-state index contributed by atoms with van der Waals surface area (Å²) in [5.74, 6) is -0.103. The minimum atomic E-state index is -0.103. The molecule has 0 aliphatic rings. The van der Waals surface area contributed by atoms with E-state index in [2.05, 4.69) is 10.3 Å². The Morgan fingerprint density at radius 2 is 2.35 bits per heavy atom. The van der Waals surface area contributed by atoms with Gasteiger partial charge in [0.05, 0.1) is 5.01 Å². The van der Waals surface area contributed by atoms with Crippen LogP contribution < -0.4 is 11.1 Å². The van der Waals surface area contributed by atoms with Crippen molar-refractivity contribution < 1.29 is 4.79 Å². The summed E-state index contributed by atoms with van der Waals surface area (Å²) < 4.78 is 0. The summed E-state index contributed by atoms with van der Waals surface area (Å²) in [4.78, 5) is 15.9. The van der Waals surface area contributed by atoms with Crippen LogP contribution in [0, 0.1) is 0 Å². The largest absolute Gasteiger partial charge is 0.399 e. The maximum atomic E-state index is 11.7. The Kier molecular flexibility index (Phi) is 3.72. The molecule has 0 radical (unpaired) electrons. The van der Waals surface area contributed by atoms with Crippen molar-refractivity contribution in [3.63, 3.8) is 0 Å². The summed E-state index contributed by atoms with van der Waals surface area (Å²) in [6, 6.07) is 6.94. The predicted molar refractivity (Wildman–Crippen MR) is 69.0 cm³/mol. The van der Waals surface area contributed by atoms with E-state index in [9.17, 15) is 4.79 Å². The van der Waals surface area contributed by atoms with Crippen molar-refractivity contribution in [2.45, 2.75) is 6.42 Å². The van der Waals surface area contributed by atoms with E-state index in [0.29, 0.717) is 17.8 Å². The Labute approximate surface area is 103 Å². The van der Waals surface area contributed by atoms with Gasteiger partial charge in [0.25, 0.3) is 5.91 Å². The van der Waals surface area contributed by atoms with Crippen LogP contribution in [0.1, 0.15) is 15.4 Å². The molecule has 0 bridgehead atoms. The first-order valence-corrected chi connectivity index (χ1v) is 6.16. The van der Waals surface area contributed by atoms with Crippen LogP contribution in [-0.4, -0.2) is 17.4 Å². The van der Waals surface area contributed by atoms with E-state index in [0.717, 1.165) is 11.4 Å². The number of amides is 1. The minimum absolute atomic E-state index is 0.103. The molecule has 3 N–H and O–H groups in total. The van der Waals surface area contributed by atoms with Gasteiger partial charge in [0, 0.05) is 35.8 Å². The van der Waals surface area contributed by atoms with Crippen molar-refractivity contribution in [3.8, 4) is 0 Å². The van der Waals surface area contributed by atoms with Gasteiger partial charge in [-0.3, -0.25) is 4.79 Å². The van der Waals surface area contributed by atoms with Crippen molar-refractivity contribution in [3.05, 3.63) is 46.4 Å². The molecule has 1 aromatic carbocycles. The fourth-order valence-corrected chi connectivity index (χ4v) is 2.06. The topological polar surface area (TPSA) is 68.0 Å². The number of hydrogen-bond donors (Lipinski definition) is 2. The molecule has 17 heavy (non-hydrogen) atoms. The molecule has 4 nitrogen and oxygen atoms in total. The second-order valence-electron chi connectivity index (χ2n) is 3.56. The van der Waals surface area contributed by atoms with Gasteiger partial charge in [-0.25, -0.2) is 4.98 Å². The molecule has 0 unspecified atom stereocenters. The smallest absolute Gasteiger partial charge is 0.251 e. The highest BCUT2D eigenvalue weighted by Crippen LogP contribution is 2.07. The molecular weight excluding hydrogens is 234 g/mol. The maximum absolute atomic E-state index is 11.7. The van der Waals surface area contributed by atoms with E-state index in [4.69, 9.17) is 5.73 Å². The van der Waals surface area contributed by atoms with E-state index < -0.39 is 0 Å². The van der Waals surface area contributed by atoms with Crippen molar-refractivity contribution in [2.75, 3.05) is 12.3 Å². The van der Waals surface area contributed by atoms with Crippen molar-refractivity contribution in [2.24, 2.45) is 0 Å². The lowest BCUT2D eigenvalue weighted by Crippen LogP contribution is -2.25. The number of hydrogen-bond acceptors (Lipinski definition) is 4. The molecule has 0 saturated carbocycles. The SMILES string of the molecule is Nc1cccc(C(=O)NCCc2nccs2)c1. The number of nitrogens with zero attached hydrogens (tertiary/aromatic N) is 1. The second-order valence-corrected chi connectivity index (χ2v) is 4.54. The summed E-state index contributed by atoms with van der Waals surface area (Å²) in [6.07, 6.45) is 2.52. The van der Waals surface area contributed by atoms with Crippen molar-refractivity contribution >= 4 is 22.9 Å². The summed E-state index contributed by atoms with van der Waals surface area (Å²) in [5, 5.41) is 5.79. The van der Waals surface area contributed by atoms with Gasteiger partial charge in [0.2, 0.25) is 0 Å². The zero-order chi connectivity index (χ0) is 12.1. The van der Waals surface area contributed by atoms with E-state index in [1.807, 2.05) is 5.38 Å². The summed E-state index contributed by atoms with van der Waals surface area (Å²) in [5.41, 5.74) is 6.80. The Bertz CT molecular complexity index is 496. The third-order valence-corrected chi connectivity index (χ3v) is 3.10. The van der Waals surface area contributed by atoms with E-state index in [1.54, 1.807) is 41.8 Å². The molecule has 2 rings (SSSR count). The van der Waals surface area contributed by atoms with Crippen LogP contribution in [0.25, 0.3) is 0 Å². The molecule has 0 aliphatic heterocycles. The number of rotatable bonds is 4. The highest BCUT2D eigenvalue weighted by molar-refractivity contribution is 7.09. The van der Waals surface area contributed by atoms with Crippen LogP contribution in [0.15, 0.2) is 35.8 Å². The normalized spacial score (nSPS) is 10.1. The van der Waals surface area contributed by atoms with Crippen LogP contribution in [-0.2, 0) is 6.42 Å². The Balaban J connectivity index is 1.85. The number of nitrogens with one attached hydrogen (secondary N) is 1. The molecule has 5 heteroatoms. The summed E-state index contributed by atoms with van der Waals surface area (Å²) in [7, 11) is 0. The first kappa shape index (κ1) is 11.6. The molecule has 2 aromatic rings. The molecule has 0 spiro atoms. The Morgan fingerprint density at radius 3 is 3.06 bits per heavy atom. The lowest BCUT2D eigenvalue weighted by molar-refractivity contribution is 0.0954. The number of benzene rings is 1. The molecule has 0 saturated heterocycles. The number of carbonyl (C=O) groups excluding carboxylic acids is 1. The summed E-state index contributed by atoms with van der Waals surface area (Å²) >= 11 is 1.59. The molecule has 1 heterocycles. The molecule has 0 atom stereocenters. The van der Waals surface area contributed by atoms with Gasteiger partial charge < -0.3 is 11.1 Å². The quantitative estimate of drug-likeness (QED) is 0.808. The van der Waals surface area contributed by atoms with Crippen molar-refractivity contribution in [1.82, 2.24) is 10.3 Å². The van der Waals surface area contributed by atoms with E-state index in [-0.39, 0.29) is 5.91 Å². The van der Waals surface area contributed by atoms with Gasteiger partial charge in [0.1, 0.15) is 0 Å². The first-order valence-electron chi connectivity index (χ1n) is 5.28. The van der Waals surface area contributed by atoms with Gasteiger partial charge in [-0.1, -0.05) is 6.07 Å². The van der Waals surface area contributed by atoms with Gasteiger partial charge in [0.15, 0.2) is 0 Å². The highest BCUT2D eigenvalue weighted by atomic mass is 32.1. The van der Waals surface area contributed by atoms with Crippen LogP contribution in [0.5, 0.6) is 0 Å². The van der Waals surface area contributed by atoms with Gasteiger partial charge in [-0.05, 0) is 18.2 Å². The summed E-state index contributed by atoms with van der Waals surface area (Å²) in [6.45, 7) is 0.584. The zero-order valence-electron chi connectivity index (χ0n) is 9.22. The van der Waals surface area contributed by atoms with Crippen LogP contribution in [0.3, 0.4) is 0 Å². The Hall–Kier alpha value is -1.88. The predicted octanol–water partition coefficient (Wildman–Crippen LogP) is 1.70. The van der Waals surface area contributed by atoms with E-state index >= 15 is 0 Å². The fourth-order valence-electron chi connectivity index (χ4n) is 1.44. The molecule has 0 fully saturated rings. The zero-order valence-corrected chi connectivity index (χ0v) is 10.0. The maximum Gasteiger partial charge on any atom is 0.251 e. The standard InChI is InChI=1S/C12H13N3OS/c13-10-3-1-2-9(8-10)12(16)15-5-4-11-14-6-7-17-11/h1-3,6-8H,4-5,13H2,(H,15,16). The minimum Gasteiger partial charge on any atom is -0.399 e. The molecule has 0 aliphatic carbocycles. The number of aromatic nitrogens is 1. The Morgan fingerprint density at radius 1 is 1.47 bits per heavy atom. The average molecular weight is 247 g/mol. The van der Waals surface area contributed by atoms with Crippen LogP contribution in [0.4, 0.5) is 5.69 Å². The second kappa shape index (κ2) is 5.45.